The number of nitrogens with one attached hydrogen (secondary N) is 1. The van der Waals surface area contributed by atoms with Crippen molar-refractivity contribution in [3.63, 3.8) is 0 Å². The van der Waals surface area contributed by atoms with Crippen molar-refractivity contribution in [3.05, 3.63) is 85.1 Å². The average Bonchev–Trinajstić information content (AvgIpc) is 3.35. The largest absolute Gasteiger partial charge is 0.756 e. The van der Waals surface area contributed by atoms with Crippen molar-refractivity contribution >= 4 is 13.7 Å². The molecule has 0 heterocycles. The van der Waals surface area contributed by atoms with Crippen molar-refractivity contribution < 1.29 is 32.9 Å². The van der Waals surface area contributed by atoms with E-state index in [1.165, 1.54) is 173 Å². The molecule has 0 aromatic rings. The van der Waals surface area contributed by atoms with Crippen molar-refractivity contribution in [2.24, 2.45) is 0 Å². The molecule has 1 amide bonds. The van der Waals surface area contributed by atoms with Gasteiger partial charge in [0.25, 0.3) is 7.82 Å². The Bertz CT molecular complexity index is 1460. The summed E-state index contributed by atoms with van der Waals surface area (Å²) in [7, 11) is 1.23. The van der Waals surface area contributed by atoms with Gasteiger partial charge >= 0.3 is 0 Å². The number of nitrogens with zero attached hydrogens (tertiary/aromatic N) is 1. The van der Waals surface area contributed by atoms with Crippen LogP contribution in [0, 0.1) is 0 Å². The van der Waals surface area contributed by atoms with E-state index in [4.69, 9.17) is 9.05 Å². The fourth-order valence-corrected chi connectivity index (χ4v) is 9.31. The maximum Gasteiger partial charge on any atom is 0.268 e. The van der Waals surface area contributed by atoms with Crippen LogP contribution in [-0.4, -0.2) is 68.5 Å². The van der Waals surface area contributed by atoms with Crippen LogP contribution in [0.1, 0.15) is 264 Å². The van der Waals surface area contributed by atoms with Crippen molar-refractivity contribution in [2.75, 3.05) is 40.9 Å². The van der Waals surface area contributed by atoms with Crippen LogP contribution < -0.4 is 10.2 Å². The summed E-state index contributed by atoms with van der Waals surface area (Å²) in [5, 5.41) is 13.9. The first-order valence-corrected chi connectivity index (χ1v) is 31.9. The second-order valence-electron chi connectivity index (χ2n) is 21.7. The molecular weight excluding hydrogens is 924 g/mol. The fourth-order valence-electron chi connectivity index (χ4n) is 8.59. The van der Waals surface area contributed by atoms with Crippen LogP contribution >= 0.6 is 7.82 Å². The molecule has 0 radical (unpaired) electrons. The highest BCUT2D eigenvalue weighted by Gasteiger charge is 2.23. The van der Waals surface area contributed by atoms with Gasteiger partial charge in [0.05, 0.1) is 39.9 Å². The van der Waals surface area contributed by atoms with E-state index in [1.807, 2.05) is 27.2 Å². The number of hydrogen-bond acceptors (Lipinski definition) is 6. The molecule has 73 heavy (non-hydrogen) atoms. The Hall–Kier alpha value is -2.32. The lowest BCUT2D eigenvalue weighted by Crippen LogP contribution is -2.45. The molecule has 0 aliphatic rings. The fraction of sp³-hybridized carbons (Fsp3) is 0.766. The monoisotopic (exact) mass is 1040 g/mol. The molecule has 424 valence electrons. The van der Waals surface area contributed by atoms with Gasteiger partial charge in [-0.2, -0.15) is 0 Å². The van der Waals surface area contributed by atoms with E-state index >= 15 is 0 Å². The molecule has 0 aromatic carbocycles. The number of phosphoric ester groups is 1. The summed E-state index contributed by atoms with van der Waals surface area (Å²) in [6.45, 7) is 4.52. The predicted molar refractivity (Wildman–Crippen MR) is 316 cm³/mol. The number of carbonyl (C=O) groups excluding carboxylic acids is 1. The predicted octanol–water partition coefficient (Wildman–Crippen LogP) is 18.2. The molecule has 8 nitrogen and oxygen atoms in total. The Morgan fingerprint density at radius 1 is 0.493 bits per heavy atom. The molecule has 3 atom stereocenters. The lowest BCUT2D eigenvalue weighted by atomic mass is 10.0. The first-order valence-electron chi connectivity index (χ1n) is 30.4. The van der Waals surface area contributed by atoms with E-state index in [-0.39, 0.29) is 12.5 Å². The van der Waals surface area contributed by atoms with Crippen LogP contribution in [-0.2, 0) is 18.4 Å². The minimum atomic E-state index is -4.61. The molecule has 0 spiro atoms. The minimum Gasteiger partial charge on any atom is -0.756 e. The third-order valence-corrected chi connectivity index (χ3v) is 14.3. The van der Waals surface area contributed by atoms with Gasteiger partial charge in [0.1, 0.15) is 13.2 Å². The number of allylic oxidation sites excluding steroid dienone is 13. The minimum absolute atomic E-state index is 0.0108. The van der Waals surface area contributed by atoms with Crippen LogP contribution in [0.25, 0.3) is 0 Å². The van der Waals surface area contributed by atoms with Gasteiger partial charge in [-0.05, 0) is 83.5 Å². The second-order valence-corrected chi connectivity index (χ2v) is 23.1. The number of aliphatic hydroxyl groups is 1. The maximum atomic E-state index is 13.0. The topological polar surface area (TPSA) is 108 Å². The standard InChI is InChI=1S/C64H117N2O6P/c1-6-8-10-12-14-16-18-20-22-24-26-28-29-30-31-32-33-34-35-36-37-38-40-42-44-46-48-50-52-54-56-58-64(68)65-62(61-72-73(69,70)71-60-59-66(3,4)5)63(67)57-55-53-51-49-47-45-43-41-39-27-25-23-21-19-17-15-13-11-9-7-2/h8,10,14,16,20,22,26,28,39,41,47,49,55,57,62-63,67H,6-7,9,11-13,15,17-19,21,23-25,27,29-38,40,42-46,48,50-54,56,58-61H2,1-5H3,(H-,65,68,69,70)/b10-8-,16-14-,22-20-,28-26-,41-39+,49-47+,57-55+. The molecule has 0 fully saturated rings. The van der Waals surface area contributed by atoms with Crippen LogP contribution in [0.3, 0.4) is 0 Å². The molecule has 3 unspecified atom stereocenters. The number of amides is 1. The Kier molecular flexibility index (Phi) is 52.7. The molecule has 0 saturated carbocycles. The summed E-state index contributed by atoms with van der Waals surface area (Å²) < 4.78 is 23.3. The van der Waals surface area contributed by atoms with Gasteiger partial charge in [-0.15, -0.1) is 0 Å². The van der Waals surface area contributed by atoms with Gasteiger partial charge in [-0.3, -0.25) is 9.36 Å². The highest BCUT2D eigenvalue weighted by Crippen LogP contribution is 2.38. The lowest BCUT2D eigenvalue weighted by Gasteiger charge is -2.29. The Balaban J connectivity index is 4.17. The lowest BCUT2D eigenvalue weighted by molar-refractivity contribution is -0.870. The second kappa shape index (κ2) is 54.5. The molecule has 0 aromatic heterocycles. The van der Waals surface area contributed by atoms with Crippen LogP contribution in [0.15, 0.2) is 85.1 Å². The van der Waals surface area contributed by atoms with Crippen LogP contribution in [0.2, 0.25) is 0 Å². The van der Waals surface area contributed by atoms with E-state index in [0.29, 0.717) is 17.4 Å². The first-order chi connectivity index (χ1) is 35.5. The summed E-state index contributed by atoms with van der Waals surface area (Å²) in [5.74, 6) is -0.211. The summed E-state index contributed by atoms with van der Waals surface area (Å²) in [6, 6.07) is -0.913. The smallest absolute Gasteiger partial charge is 0.268 e. The third kappa shape index (κ3) is 57.2. The van der Waals surface area contributed by atoms with E-state index in [2.05, 4.69) is 92.1 Å². The molecule has 0 aliphatic heterocycles. The van der Waals surface area contributed by atoms with Gasteiger partial charge in [-0.25, -0.2) is 0 Å². The molecule has 0 saturated heterocycles. The number of carbonyl (C=O) groups is 1. The Morgan fingerprint density at radius 3 is 1.27 bits per heavy atom. The molecule has 0 rings (SSSR count). The van der Waals surface area contributed by atoms with Crippen molar-refractivity contribution in [1.82, 2.24) is 5.32 Å². The van der Waals surface area contributed by atoms with E-state index < -0.39 is 26.6 Å². The van der Waals surface area contributed by atoms with Crippen LogP contribution in [0.5, 0.6) is 0 Å². The van der Waals surface area contributed by atoms with Gasteiger partial charge in [0, 0.05) is 6.42 Å². The highest BCUT2D eigenvalue weighted by molar-refractivity contribution is 7.45. The molecular formula is C64H117N2O6P. The normalized spacial score (nSPS) is 14.5. The van der Waals surface area contributed by atoms with E-state index in [1.54, 1.807) is 6.08 Å². The zero-order valence-electron chi connectivity index (χ0n) is 48.3. The zero-order valence-corrected chi connectivity index (χ0v) is 49.2. The van der Waals surface area contributed by atoms with Gasteiger partial charge in [-0.1, -0.05) is 259 Å². The number of quaternary nitrogens is 1. The first kappa shape index (κ1) is 70.7. The quantitative estimate of drug-likeness (QED) is 0.0272. The van der Waals surface area contributed by atoms with Gasteiger partial charge in [0.2, 0.25) is 5.91 Å². The van der Waals surface area contributed by atoms with E-state index in [9.17, 15) is 19.4 Å². The average molecular weight is 1040 g/mol. The molecule has 0 aliphatic carbocycles. The third-order valence-electron chi connectivity index (χ3n) is 13.3. The van der Waals surface area contributed by atoms with Crippen molar-refractivity contribution in [3.8, 4) is 0 Å². The highest BCUT2D eigenvalue weighted by atomic mass is 31.2. The summed E-state index contributed by atoms with van der Waals surface area (Å²) in [4.78, 5) is 25.5. The SMILES string of the molecule is CC/C=C\C/C=C\C/C=C\C/C=C\CCCCCCCCCCCCCCCCCCCCC(=O)NC(COP(=O)([O-])OCC[N+](C)(C)C)C(O)/C=C/CC/C=C/CC/C=C/CCCCCCCCCCCC. The van der Waals surface area contributed by atoms with Crippen molar-refractivity contribution in [2.45, 2.75) is 276 Å². The summed E-state index contributed by atoms with van der Waals surface area (Å²) >= 11 is 0. The number of phosphoric acid groups is 1. The van der Waals surface area contributed by atoms with Crippen LogP contribution in [0.4, 0.5) is 0 Å². The number of unbranched alkanes of at least 4 members (excludes halogenated alkanes) is 30. The summed E-state index contributed by atoms with van der Waals surface area (Å²) in [6.07, 6.45) is 76.8. The summed E-state index contributed by atoms with van der Waals surface area (Å²) in [5.41, 5.74) is 0. The number of rotatable bonds is 55. The number of likely N-dealkylation sites (N-methyl/N-ethyl adjacent to an activating group) is 1. The molecule has 0 bridgehead atoms. The Morgan fingerprint density at radius 2 is 0.849 bits per heavy atom. The zero-order chi connectivity index (χ0) is 53.5. The van der Waals surface area contributed by atoms with Gasteiger partial charge < -0.3 is 28.8 Å². The van der Waals surface area contributed by atoms with E-state index in [0.717, 1.165) is 70.6 Å². The number of aliphatic hydroxyl groups excluding tert-OH is 1. The van der Waals surface area contributed by atoms with Gasteiger partial charge in [0.15, 0.2) is 0 Å². The maximum absolute atomic E-state index is 13.0. The molecule has 9 heteroatoms. The molecule has 2 N–H and O–H groups in total. The van der Waals surface area contributed by atoms with Crippen molar-refractivity contribution in [1.29, 1.82) is 0 Å². The Labute approximate surface area is 452 Å². The number of hydrogen-bond donors (Lipinski definition) is 2.